The maximum Gasteiger partial charge on any atom is 0.147 e. The van der Waals surface area contributed by atoms with Gasteiger partial charge >= 0.3 is 0 Å². The molecule has 0 radical (unpaired) electrons. The van der Waals surface area contributed by atoms with Crippen LogP contribution in [0.5, 0.6) is 5.75 Å². The lowest BCUT2D eigenvalue weighted by Crippen LogP contribution is -2.02. The Morgan fingerprint density at radius 2 is 1.85 bits per heavy atom. The first kappa shape index (κ1) is 12.9. The van der Waals surface area contributed by atoms with Crippen molar-refractivity contribution in [1.82, 2.24) is 0 Å². The molecule has 0 amide bonds. The zero-order valence-corrected chi connectivity index (χ0v) is 11.7. The molecule has 2 aromatic carbocycles. The molecule has 1 heterocycles. The second-order valence-electron chi connectivity index (χ2n) is 5.01. The SMILES string of the molecule is CCCCCCOc1ccc2ccccc2c1N1N=N1. The molecule has 0 spiro atoms. The fourth-order valence-electron chi connectivity index (χ4n) is 2.38. The van der Waals surface area contributed by atoms with Crippen molar-refractivity contribution >= 4 is 16.5 Å². The first-order valence-electron chi connectivity index (χ1n) is 7.26. The molecule has 0 bridgehead atoms. The van der Waals surface area contributed by atoms with Gasteiger partial charge in [-0.05, 0) is 28.3 Å². The van der Waals surface area contributed by atoms with E-state index in [4.69, 9.17) is 4.74 Å². The number of benzene rings is 2. The number of unbranched alkanes of at least 4 members (excludes halogenated alkanes) is 3. The molecule has 104 valence electrons. The van der Waals surface area contributed by atoms with Gasteiger partial charge < -0.3 is 4.74 Å². The number of fused-ring (bicyclic) bond motifs is 1. The van der Waals surface area contributed by atoms with Crippen LogP contribution in [-0.4, -0.2) is 6.61 Å². The van der Waals surface area contributed by atoms with Gasteiger partial charge in [0.05, 0.1) is 6.61 Å². The van der Waals surface area contributed by atoms with E-state index in [1.165, 1.54) is 24.6 Å². The van der Waals surface area contributed by atoms with Crippen LogP contribution in [0.2, 0.25) is 0 Å². The fourth-order valence-corrected chi connectivity index (χ4v) is 2.38. The lowest BCUT2D eigenvalue weighted by Gasteiger charge is -2.12. The number of nitrogens with zero attached hydrogens (tertiary/aromatic N) is 3. The van der Waals surface area contributed by atoms with E-state index in [0.29, 0.717) is 0 Å². The number of rotatable bonds is 7. The van der Waals surface area contributed by atoms with Crippen molar-refractivity contribution in [2.24, 2.45) is 10.4 Å². The molecule has 0 N–H and O–H groups in total. The monoisotopic (exact) mass is 269 g/mol. The van der Waals surface area contributed by atoms with Crippen LogP contribution >= 0.6 is 0 Å². The summed E-state index contributed by atoms with van der Waals surface area (Å²) in [5.74, 6) is 0.866. The molecule has 0 saturated heterocycles. The molecule has 4 heteroatoms. The molecule has 0 fully saturated rings. The number of hydrogen-bond donors (Lipinski definition) is 0. The van der Waals surface area contributed by atoms with Gasteiger partial charge in [-0.1, -0.05) is 56.5 Å². The Morgan fingerprint density at radius 1 is 1.00 bits per heavy atom. The molecule has 0 saturated carbocycles. The zero-order chi connectivity index (χ0) is 13.8. The van der Waals surface area contributed by atoms with Gasteiger partial charge in [0.2, 0.25) is 0 Å². The maximum absolute atomic E-state index is 5.93. The predicted octanol–water partition coefficient (Wildman–Crippen LogP) is 4.90. The zero-order valence-electron chi connectivity index (χ0n) is 11.7. The Hall–Kier alpha value is -2.10. The van der Waals surface area contributed by atoms with Crippen LogP contribution < -0.4 is 9.85 Å². The Bertz CT molecular complexity index is 618. The Balaban J connectivity index is 1.78. The minimum Gasteiger partial charge on any atom is -0.491 e. The molecule has 0 unspecified atom stereocenters. The largest absolute Gasteiger partial charge is 0.491 e. The molecule has 0 atom stereocenters. The van der Waals surface area contributed by atoms with Crippen molar-refractivity contribution in [3.05, 3.63) is 36.4 Å². The van der Waals surface area contributed by atoms with E-state index in [1.54, 1.807) is 5.12 Å². The standard InChI is InChI=1S/C16H19N3O/c1-2-3-4-7-12-20-15-11-10-13-8-5-6-9-14(13)16(15)19-17-18-19/h5-6,8-11H,2-4,7,12H2,1H3. The van der Waals surface area contributed by atoms with Crippen LogP contribution in [0.3, 0.4) is 0 Å². The lowest BCUT2D eigenvalue weighted by atomic mass is 10.1. The van der Waals surface area contributed by atoms with Crippen LogP contribution in [0.4, 0.5) is 5.69 Å². The molecule has 0 aromatic heterocycles. The molecule has 3 rings (SSSR count). The fraction of sp³-hybridized carbons (Fsp3) is 0.375. The molecule has 20 heavy (non-hydrogen) atoms. The summed E-state index contributed by atoms with van der Waals surface area (Å²) in [6.45, 7) is 2.96. The van der Waals surface area contributed by atoms with Gasteiger partial charge in [0.25, 0.3) is 0 Å². The average molecular weight is 269 g/mol. The first-order valence-corrected chi connectivity index (χ1v) is 7.26. The van der Waals surface area contributed by atoms with Crippen LogP contribution in [0.15, 0.2) is 46.8 Å². The van der Waals surface area contributed by atoms with E-state index < -0.39 is 0 Å². The summed E-state index contributed by atoms with van der Waals surface area (Å²) in [5.41, 5.74) is 0.957. The van der Waals surface area contributed by atoms with Crippen LogP contribution in [0.25, 0.3) is 10.8 Å². The van der Waals surface area contributed by atoms with Crippen molar-refractivity contribution in [2.45, 2.75) is 32.6 Å². The van der Waals surface area contributed by atoms with Gasteiger partial charge in [-0.15, -0.1) is 5.12 Å². The summed E-state index contributed by atoms with van der Waals surface area (Å²) in [6.07, 6.45) is 4.82. The second-order valence-corrected chi connectivity index (χ2v) is 5.01. The molecular weight excluding hydrogens is 250 g/mol. The van der Waals surface area contributed by atoms with Crippen LogP contribution in [-0.2, 0) is 0 Å². The van der Waals surface area contributed by atoms with Gasteiger partial charge in [-0.25, -0.2) is 0 Å². The topological polar surface area (TPSA) is 37.0 Å². The summed E-state index contributed by atoms with van der Waals surface area (Å²) in [4.78, 5) is 0. The molecule has 4 nitrogen and oxygen atoms in total. The molecule has 1 aliphatic rings. The van der Waals surface area contributed by atoms with E-state index in [0.717, 1.165) is 29.9 Å². The van der Waals surface area contributed by atoms with Crippen molar-refractivity contribution in [1.29, 1.82) is 0 Å². The Labute approximate surface area is 119 Å². The highest BCUT2D eigenvalue weighted by Crippen LogP contribution is 2.40. The van der Waals surface area contributed by atoms with Crippen LogP contribution in [0.1, 0.15) is 32.6 Å². The number of hydrogen-bond acceptors (Lipinski definition) is 4. The van der Waals surface area contributed by atoms with Gasteiger partial charge in [0.15, 0.2) is 0 Å². The smallest absolute Gasteiger partial charge is 0.147 e. The van der Waals surface area contributed by atoms with Crippen LogP contribution in [0, 0.1) is 0 Å². The number of anilines is 1. The van der Waals surface area contributed by atoms with E-state index in [-0.39, 0.29) is 0 Å². The van der Waals surface area contributed by atoms with Crippen molar-refractivity contribution in [3.63, 3.8) is 0 Å². The average Bonchev–Trinajstić information content (AvgIpc) is 3.31. The van der Waals surface area contributed by atoms with Crippen molar-refractivity contribution in [2.75, 3.05) is 11.7 Å². The van der Waals surface area contributed by atoms with Gasteiger partial charge in [0, 0.05) is 5.39 Å². The highest BCUT2D eigenvalue weighted by Gasteiger charge is 2.22. The second kappa shape index (κ2) is 5.90. The Morgan fingerprint density at radius 3 is 2.65 bits per heavy atom. The summed E-state index contributed by atoms with van der Waals surface area (Å²) in [5, 5.41) is 11.8. The maximum atomic E-state index is 5.93. The first-order chi connectivity index (χ1) is 9.90. The minimum absolute atomic E-state index is 0.749. The van der Waals surface area contributed by atoms with Gasteiger partial charge in [-0.3, -0.25) is 0 Å². The summed E-state index contributed by atoms with van der Waals surface area (Å²) in [6, 6.07) is 12.3. The normalized spacial score (nSPS) is 12.9. The van der Waals surface area contributed by atoms with E-state index in [1.807, 2.05) is 18.2 Å². The highest BCUT2D eigenvalue weighted by molar-refractivity contribution is 5.97. The summed E-state index contributed by atoms with van der Waals surface area (Å²) in [7, 11) is 0. The summed E-state index contributed by atoms with van der Waals surface area (Å²) < 4.78 is 5.93. The molecule has 2 aromatic rings. The molecule has 1 aliphatic heterocycles. The number of ether oxygens (including phenoxy) is 1. The highest BCUT2D eigenvalue weighted by atomic mass is 16.5. The van der Waals surface area contributed by atoms with Crippen molar-refractivity contribution < 1.29 is 4.74 Å². The minimum atomic E-state index is 0.749. The molecule has 0 aliphatic carbocycles. The summed E-state index contributed by atoms with van der Waals surface area (Å²) >= 11 is 0. The third kappa shape index (κ3) is 2.74. The predicted molar refractivity (Wildman–Crippen MR) is 80.9 cm³/mol. The lowest BCUT2D eigenvalue weighted by molar-refractivity contribution is 0.306. The molecular formula is C16H19N3O. The Kier molecular flexibility index (Phi) is 3.81. The van der Waals surface area contributed by atoms with E-state index >= 15 is 0 Å². The quantitative estimate of drug-likeness (QED) is 0.670. The van der Waals surface area contributed by atoms with Crippen molar-refractivity contribution in [3.8, 4) is 5.75 Å². The van der Waals surface area contributed by atoms with Gasteiger partial charge in [-0.2, -0.15) is 0 Å². The van der Waals surface area contributed by atoms with E-state index in [9.17, 15) is 0 Å². The van der Waals surface area contributed by atoms with Gasteiger partial charge in [0.1, 0.15) is 11.4 Å². The third-order valence-electron chi connectivity index (χ3n) is 3.50. The van der Waals surface area contributed by atoms with E-state index in [2.05, 4.69) is 35.6 Å². The third-order valence-corrected chi connectivity index (χ3v) is 3.50.